The molecule has 0 saturated heterocycles. The molecule has 0 bridgehead atoms. The Hall–Kier alpha value is -0.900. The molecular weight excluding hydrogens is 227 g/mol. The zero-order valence-corrected chi connectivity index (χ0v) is 10.3. The Labute approximate surface area is 98.4 Å². The van der Waals surface area contributed by atoms with Crippen LogP contribution < -0.4 is 0 Å². The summed E-state index contributed by atoms with van der Waals surface area (Å²) in [6.45, 7) is 3.60. The van der Waals surface area contributed by atoms with Crippen LogP contribution >= 0.6 is 11.3 Å². The van der Waals surface area contributed by atoms with Crippen molar-refractivity contribution in [1.82, 2.24) is 0 Å². The van der Waals surface area contributed by atoms with Crippen molar-refractivity contribution in [2.45, 2.75) is 45.6 Å². The molecule has 1 aromatic heterocycles. The summed E-state index contributed by atoms with van der Waals surface area (Å²) in [7, 11) is 0. The number of halogens is 1. The van der Waals surface area contributed by atoms with Crippen molar-refractivity contribution in [3.63, 3.8) is 0 Å². The molecule has 0 fully saturated rings. The van der Waals surface area contributed by atoms with Gasteiger partial charge in [-0.15, -0.1) is 0 Å². The van der Waals surface area contributed by atoms with E-state index in [0.29, 0.717) is 4.88 Å². The fraction of sp³-hybridized carbons (Fsp3) is 0.583. The van der Waals surface area contributed by atoms with Gasteiger partial charge in [0.25, 0.3) is 0 Å². The summed E-state index contributed by atoms with van der Waals surface area (Å²) in [5.74, 6) is -0.373. The van der Waals surface area contributed by atoms with E-state index in [1.807, 2.05) is 0 Å². The van der Waals surface area contributed by atoms with Gasteiger partial charge in [-0.25, -0.2) is 4.79 Å². The maximum Gasteiger partial charge on any atom is 0.348 e. The van der Waals surface area contributed by atoms with E-state index in [0.717, 1.165) is 48.1 Å². The average molecular weight is 242 g/mol. The smallest absolute Gasteiger partial charge is 0.348 e. The Balaban J connectivity index is 2.31. The van der Waals surface area contributed by atoms with Crippen LogP contribution in [0.15, 0.2) is 0 Å². The van der Waals surface area contributed by atoms with E-state index in [1.54, 1.807) is 13.8 Å². The molecule has 4 heteroatoms. The molecule has 0 aromatic carbocycles. The lowest BCUT2D eigenvalue weighted by Gasteiger charge is -2.13. The quantitative estimate of drug-likeness (QED) is 0.743. The summed E-state index contributed by atoms with van der Waals surface area (Å²) >= 11 is 0.939. The number of carbonyl (C=O) groups excluding carboxylic acids is 1. The molecule has 16 heavy (non-hydrogen) atoms. The maximum atomic E-state index is 13.6. The highest BCUT2D eigenvalue weighted by Crippen LogP contribution is 2.33. The number of rotatable bonds is 2. The fourth-order valence-electron chi connectivity index (χ4n) is 2.02. The number of ether oxygens (including phenoxy) is 1. The second kappa shape index (κ2) is 4.53. The average Bonchev–Trinajstić information content (AvgIpc) is 2.56. The zero-order chi connectivity index (χ0) is 11.7. The summed E-state index contributed by atoms with van der Waals surface area (Å²) < 4.78 is 18.7. The van der Waals surface area contributed by atoms with Crippen LogP contribution in [0.4, 0.5) is 4.39 Å². The van der Waals surface area contributed by atoms with Gasteiger partial charge in [0.2, 0.25) is 0 Å². The Morgan fingerprint density at radius 3 is 2.56 bits per heavy atom. The largest absolute Gasteiger partial charge is 0.459 e. The van der Waals surface area contributed by atoms with Gasteiger partial charge < -0.3 is 4.74 Å². The Bertz CT molecular complexity index is 409. The molecule has 0 unspecified atom stereocenters. The normalized spacial score (nSPS) is 15.0. The Kier molecular flexibility index (Phi) is 3.28. The van der Waals surface area contributed by atoms with Gasteiger partial charge in [-0.05, 0) is 45.1 Å². The van der Waals surface area contributed by atoms with Crippen molar-refractivity contribution in [3.05, 3.63) is 21.1 Å². The first-order chi connectivity index (χ1) is 7.59. The lowest BCUT2D eigenvalue weighted by molar-refractivity contribution is 0.0382. The van der Waals surface area contributed by atoms with E-state index in [4.69, 9.17) is 4.74 Å². The van der Waals surface area contributed by atoms with Crippen molar-refractivity contribution in [1.29, 1.82) is 0 Å². The minimum Gasteiger partial charge on any atom is -0.459 e. The van der Waals surface area contributed by atoms with Gasteiger partial charge in [-0.1, -0.05) is 11.3 Å². The van der Waals surface area contributed by atoms with Crippen molar-refractivity contribution < 1.29 is 13.9 Å². The molecule has 1 aliphatic carbocycles. The van der Waals surface area contributed by atoms with Crippen LogP contribution in [-0.2, 0) is 17.6 Å². The third kappa shape index (κ3) is 2.12. The molecule has 1 aromatic rings. The number of fused-ring (bicyclic) bond motifs is 1. The summed E-state index contributed by atoms with van der Waals surface area (Å²) in [5, 5.41) is -0.203. The SMILES string of the molecule is CC(C)OC(=O)c1sc(F)c2c1CCCC2. The summed E-state index contributed by atoms with van der Waals surface area (Å²) in [6.07, 6.45) is 3.45. The van der Waals surface area contributed by atoms with Crippen LogP contribution in [0.1, 0.15) is 47.5 Å². The third-order valence-corrected chi connectivity index (χ3v) is 3.74. The monoisotopic (exact) mass is 242 g/mol. The van der Waals surface area contributed by atoms with Gasteiger partial charge in [-0.2, -0.15) is 4.39 Å². The van der Waals surface area contributed by atoms with E-state index in [9.17, 15) is 9.18 Å². The Morgan fingerprint density at radius 2 is 1.94 bits per heavy atom. The summed E-state index contributed by atoms with van der Waals surface area (Å²) in [4.78, 5) is 12.2. The standard InChI is InChI=1S/C12H15FO2S/c1-7(2)15-12(14)10-8-5-3-4-6-9(8)11(13)16-10/h7H,3-6H2,1-2H3. The molecule has 0 aliphatic heterocycles. The first-order valence-electron chi connectivity index (χ1n) is 5.60. The van der Waals surface area contributed by atoms with Gasteiger partial charge in [0.05, 0.1) is 6.10 Å². The highest BCUT2D eigenvalue weighted by Gasteiger charge is 2.26. The molecule has 1 aliphatic rings. The van der Waals surface area contributed by atoms with Crippen LogP contribution in [0.3, 0.4) is 0 Å². The lowest BCUT2D eigenvalue weighted by Crippen LogP contribution is -2.13. The van der Waals surface area contributed by atoms with Crippen LogP contribution in [0, 0.1) is 5.13 Å². The molecule has 0 N–H and O–H groups in total. The second-order valence-electron chi connectivity index (χ2n) is 4.32. The summed E-state index contributed by atoms with van der Waals surface area (Å²) in [5.41, 5.74) is 1.63. The first-order valence-corrected chi connectivity index (χ1v) is 6.42. The van der Waals surface area contributed by atoms with Crippen molar-refractivity contribution in [3.8, 4) is 0 Å². The highest BCUT2D eigenvalue weighted by molar-refractivity contribution is 7.12. The minimum atomic E-state index is -0.373. The number of thiophene rings is 1. The highest BCUT2D eigenvalue weighted by atomic mass is 32.1. The van der Waals surface area contributed by atoms with Crippen LogP contribution in [0.2, 0.25) is 0 Å². The first kappa shape index (κ1) is 11.6. The van der Waals surface area contributed by atoms with E-state index in [1.165, 1.54) is 0 Å². The van der Waals surface area contributed by atoms with Gasteiger partial charge in [0.1, 0.15) is 4.88 Å². The molecular formula is C12H15FO2S. The number of carbonyl (C=O) groups is 1. The number of esters is 1. The lowest BCUT2D eigenvalue weighted by atomic mass is 9.94. The van der Waals surface area contributed by atoms with Gasteiger partial charge in [0.15, 0.2) is 5.13 Å². The van der Waals surface area contributed by atoms with Crippen LogP contribution in [-0.4, -0.2) is 12.1 Å². The molecule has 88 valence electrons. The molecule has 2 nitrogen and oxygen atoms in total. The van der Waals surface area contributed by atoms with E-state index >= 15 is 0 Å². The topological polar surface area (TPSA) is 26.3 Å². The van der Waals surface area contributed by atoms with Crippen molar-refractivity contribution in [2.75, 3.05) is 0 Å². The second-order valence-corrected chi connectivity index (χ2v) is 5.29. The van der Waals surface area contributed by atoms with Crippen LogP contribution in [0.25, 0.3) is 0 Å². The Morgan fingerprint density at radius 1 is 1.31 bits per heavy atom. The van der Waals surface area contributed by atoms with Gasteiger partial charge in [0, 0.05) is 5.56 Å². The predicted molar refractivity (Wildman–Crippen MR) is 61.5 cm³/mol. The number of hydrogen-bond acceptors (Lipinski definition) is 3. The number of hydrogen-bond donors (Lipinski definition) is 0. The zero-order valence-electron chi connectivity index (χ0n) is 9.51. The van der Waals surface area contributed by atoms with Crippen molar-refractivity contribution >= 4 is 17.3 Å². The van der Waals surface area contributed by atoms with E-state index in [2.05, 4.69) is 0 Å². The predicted octanol–water partition coefficient (Wildman–Crippen LogP) is 3.33. The van der Waals surface area contributed by atoms with Crippen molar-refractivity contribution in [2.24, 2.45) is 0 Å². The van der Waals surface area contributed by atoms with Crippen LogP contribution in [0.5, 0.6) is 0 Å². The molecule has 2 rings (SSSR count). The fourth-order valence-corrected chi connectivity index (χ4v) is 3.03. The molecule has 0 amide bonds. The van der Waals surface area contributed by atoms with Gasteiger partial charge >= 0.3 is 5.97 Å². The van der Waals surface area contributed by atoms with E-state index in [-0.39, 0.29) is 17.2 Å². The molecule has 0 saturated carbocycles. The van der Waals surface area contributed by atoms with Gasteiger partial charge in [-0.3, -0.25) is 0 Å². The molecule has 1 heterocycles. The molecule has 0 atom stereocenters. The summed E-state index contributed by atoms with van der Waals surface area (Å²) in [6, 6.07) is 0. The minimum absolute atomic E-state index is 0.156. The molecule has 0 radical (unpaired) electrons. The maximum absolute atomic E-state index is 13.6. The third-order valence-electron chi connectivity index (χ3n) is 2.70. The van der Waals surface area contributed by atoms with E-state index < -0.39 is 0 Å². The molecule has 0 spiro atoms.